The zero-order chi connectivity index (χ0) is 15.4. The molecule has 116 valence electrons. The van der Waals surface area contributed by atoms with Crippen molar-refractivity contribution in [1.82, 2.24) is 9.88 Å². The van der Waals surface area contributed by atoms with E-state index < -0.39 is 5.97 Å². The van der Waals surface area contributed by atoms with Crippen LogP contribution in [0.5, 0.6) is 0 Å². The molecule has 0 amide bonds. The van der Waals surface area contributed by atoms with Crippen LogP contribution in [0.4, 0.5) is 0 Å². The van der Waals surface area contributed by atoms with E-state index in [9.17, 15) is 4.79 Å². The fourth-order valence-electron chi connectivity index (χ4n) is 2.85. The summed E-state index contributed by atoms with van der Waals surface area (Å²) in [7, 11) is 0. The molecule has 1 aliphatic heterocycles. The van der Waals surface area contributed by atoms with Gasteiger partial charge in [0.2, 0.25) is 0 Å². The molecule has 0 radical (unpaired) electrons. The van der Waals surface area contributed by atoms with E-state index in [4.69, 9.17) is 10.1 Å². The second kappa shape index (κ2) is 7.03. The van der Waals surface area contributed by atoms with Crippen molar-refractivity contribution >= 4 is 17.3 Å². The van der Waals surface area contributed by atoms with Crippen molar-refractivity contribution in [2.24, 2.45) is 0 Å². The average molecular weight is 316 g/mol. The minimum atomic E-state index is -0.799. The summed E-state index contributed by atoms with van der Waals surface area (Å²) in [6.45, 7) is 3.38. The third kappa shape index (κ3) is 3.72. The predicted molar refractivity (Wildman–Crippen MR) is 88.3 cm³/mol. The standard InChI is InChI=1S/C17H20N2O2S/c20-16(21)12-14-17(13-6-2-1-3-7-13)18-15(22-14)8-11-19-9-4-5-10-19/h1-3,6-7H,4-5,8-12H2,(H,20,21). The molecule has 1 aromatic carbocycles. The lowest BCUT2D eigenvalue weighted by atomic mass is 10.1. The largest absolute Gasteiger partial charge is 0.481 e. The molecule has 0 saturated carbocycles. The van der Waals surface area contributed by atoms with Gasteiger partial charge >= 0.3 is 5.97 Å². The van der Waals surface area contributed by atoms with Gasteiger partial charge in [0.05, 0.1) is 17.1 Å². The molecule has 2 aromatic rings. The van der Waals surface area contributed by atoms with E-state index in [0.29, 0.717) is 0 Å². The maximum Gasteiger partial charge on any atom is 0.308 e. The van der Waals surface area contributed by atoms with Gasteiger partial charge in [0.15, 0.2) is 0 Å². The molecule has 1 saturated heterocycles. The molecule has 0 atom stereocenters. The van der Waals surface area contributed by atoms with Crippen molar-refractivity contribution in [3.8, 4) is 11.3 Å². The average Bonchev–Trinajstić information content (AvgIpc) is 3.15. The highest BCUT2D eigenvalue weighted by Crippen LogP contribution is 2.29. The van der Waals surface area contributed by atoms with Crippen molar-refractivity contribution in [1.29, 1.82) is 0 Å². The molecule has 22 heavy (non-hydrogen) atoms. The Labute approximate surface area is 134 Å². The van der Waals surface area contributed by atoms with Crippen molar-refractivity contribution < 1.29 is 9.90 Å². The second-order valence-electron chi connectivity index (χ2n) is 5.61. The van der Waals surface area contributed by atoms with Gasteiger partial charge in [0.1, 0.15) is 0 Å². The van der Waals surface area contributed by atoms with E-state index >= 15 is 0 Å². The first-order valence-electron chi connectivity index (χ1n) is 7.70. The first-order chi connectivity index (χ1) is 10.7. The van der Waals surface area contributed by atoms with Crippen LogP contribution in [0, 0.1) is 0 Å². The summed E-state index contributed by atoms with van der Waals surface area (Å²) in [6, 6.07) is 9.86. The van der Waals surface area contributed by atoms with Gasteiger partial charge in [-0.3, -0.25) is 4.79 Å². The molecule has 1 fully saturated rings. The zero-order valence-corrected chi connectivity index (χ0v) is 13.3. The van der Waals surface area contributed by atoms with Crippen molar-refractivity contribution in [3.63, 3.8) is 0 Å². The zero-order valence-electron chi connectivity index (χ0n) is 12.5. The molecule has 0 spiro atoms. The van der Waals surface area contributed by atoms with Crippen LogP contribution < -0.4 is 0 Å². The molecular weight excluding hydrogens is 296 g/mol. The third-order valence-electron chi connectivity index (χ3n) is 3.94. The van der Waals surface area contributed by atoms with Gasteiger partial charge in [-0.1, -0.05) is 30.3 Å². The van der Waals surface area contributed by atoms with Gasteiger partial charge in [-0.15, -0.1) is 11.3 Å². The van der Waals surface area contributed by atoms with Crippen LogP contribution >= 0.6 is 11.3 Å². The molecule has 3 rings (SSSR count). The Bertz CT molecular complexity index is 633. The number of carbonyl (C=O) groups is 1. The van der Waals surface area contributed by atoms with Crippen LogP contribution in [0.25, 0.3) is 11.3 Å². The number of benzene rings is 1. The fraction of sp³-hybridized carbons (Fsp3) is 0.412. The van der Waals surface area contributed by atoms with E-state index in [1.165, 1.54) is 25.9 Å². The Kier molecular flexibility index (Phi) is 4.85. The van der Waals surface area contributed by atoms with Gasteiger partial charge in [-0.25, -0.2) is 4.98 Å². The highest BCUT2D eigenvalue weighted by molar-refractivity contribution is 7.12. The Hall–Kier alpha value is -1.72. The predicted octanol–water partition coefficient (Wildman–Crippen LogP) is 3.08. The molecular formula is C17H20N2O2S. The Balaban J connectivity index is 1.79. The van der Waals surface area contributed by atoms with Crippen LogP contribution in [0.1, 0.15) is 22.7 Å². The van der Waals surface area contributed by atoms with Crippen molar-refractivity contribution in [2.45, 2.75) is 25.7 Å². The summed E-state index contributed by atoms with van der Waals surface area (Å²) in [4.78, 5) is 19.1. The number of carboxylic acids is 1. The van der Waals surface area contributed by atoms with E-state index in [-0.39, 0.29) is 6.42 Å². The summed E-state index contributed by atoms with van der Waals surface area (Å²) in [5.41, 5.74) is 1.84. The van der Waals surface area contributed by atoms with Gasteiger partial charge in [-0.2, -0.15) is 0 Å². The lowest BCUT2D eigenvalue weighted by Gasteiger charge is -2.12. The summed E-state index contributed by atoms with van der Waals surface area (Å²) in [5, 5.41) is 10.2. The van der Waals surface area contributed by atoms with Crippen LogP contribution in [-0.4, -0.2) is 40.6 Å². The molecule has 0 bridgehead atoms. The topological polar surface area (TPSA) is 53.4 Å². The quantitative estimate of drug-likeness (QED) is 0.890. The third-order valence-corrected chi connectivity index (χ3v) is 5.06. The van der Waals surface area contributed by atoms with E-state index in [0.717, 1.165) is 34.1 Å². The summed E-state index contributed by atoms with van der Waals surface area (Å²) in [5.74, 6) is -0.799. The van der Waals surface area contributed by atoms with Crippen LogP contribution in [0.2, 0.25) is 0 Å². The Morgan fingerprint density at radius 1 is 1.23 bits per heavy atom. The molecule has 1 N–H and O–H groups in total. The number of hydrogen-bond donors (Lipinski definition) is 1. The van der Waals surface area contributed by atoms with Gasteiger partial charge in [0, 0.05) is 23.4 Å². The first-order valence-corrected chi connectivity index (χ1v) is 8.52. The van der Waals surface area contributed by atoms with Gasteiger partial charge in [0.25, 0.3) is 0 Å². The van der Waals surface area contributed by atoms with Crippen molar-refractivity contribution in [2.75, 3.05) is 19.6 Å². The number of hydrogen-bond acceptors (Lipinski definition) is 4. The maximum absolute atomic E-state index is 11.1. The summed E-state index contributed by atoms with van der Waals surface area (Å²) in [6.07, 6.45) is 3.53. The van der Waals surface area contributed by atoms with Crippen LogP contribution in [0.3, 0.4) is 0 Å². The molecule has 4 nitrogen and oxygen atoms in total. The number of carboxylic acid groups (broad SMARTS) is 1. The number of nitrogens with zero attached hydrogens (tertiary/aromatic N) is 2. The smallest absolute Gasteiger partial charge is 0.308 e. The second-order valence-corrected chi connectivity index (χ2v) is 6.78. The van der Waals surface area contributed by atoms with E-state index in [2.05, 4.69) is 4.90 Å². The van der Waals surface area contributed by atoms with E-state index in [1.807, 2.05) is 30.3 Å². The highest BCUT2D eigenvalue weighted by Gasteiger charge is 2.17. The molecule has 1 aromatic heterocycles. The van der Waals surface area contributed by atoms with Crippen LogP contribution in [-0.2, 0) is 17.6 Å². The van der Waals surface area contributed by atoms with Gasteiger partial charge < -0.3 is 10.0 Å². The highest BCUT2D eigenvalue weighted by atomic mass is 32.1. The van der Waals surface area contributed by atoms with Crippen molar-refractivity contribution in [3.05, 3.63) is 40.2 Å². The lowest BCUT2D eigenvalue weighted by molar-refractivity contribution is -0.136. The normalized spacial score (nSPS) is 15.3. The Morgan fingerprint density at radius 2 is 1.95 bits per heavy atom. The molecule has 2 heterocycles. The lowest BCUT2D eigenvalue weighted by Crippen LogP contribution is -2.21. The fourth-order valence-corrected chi connectivity index (χ4v) is 3.92. The monoisotopic (exact) mass is 316 g/mol. The number of aromatic nitrogens is 1. The van der Waals surface area contributed by atoms with Crippen LogP contribution in [0.15, 0.2) is 30.3 Å². The Morgan fingerprint density at radius 3 is 2.64 bits per heavy atom. The first kappa shape index (κ1) is 15.2. The SMILES string of the molecule is O=C(O)Cc1sc(CCN2CCCC2)nc1-c1ccccc1. The molecule has 1 aliphatic rings. The molecule has 0 aliphatic carbocycles. The van der Waals surface area contributed by atoms with E-state index in [1.54, 1.807) is 11.3 Å². The number of thiazole rings is 1. The summed E-state index contributed by atoms with van der Waals surface area (Å²) < 4.78 is 0. The number of likely N-dealkylation sites (tertiary alicyclic amines) is 1. The van der Waals surface area contributed by atoms with Gasteiger partial charge in [-0.05, 0) is 25.9 Å². The maximum atomic E-state index is 11.1. The molecule has 5 heteroatoms. The minimum absolute atomic E-state index is 0.0472. The minimum Gasteiger partial charge on any atom is -0.481 e. The molecule has 0 unspecified atom stereocenters. The number of aliphatic carboxylic acids is 1. The number of rotatable bonds is 6. The summed E-state index contributed by atoms with van der Waals surface area (Å²) >= 11 is 1.55.